The van der Waals surface area contributed by atoms with E-state index in [0.29, 0.717) is 11.6 Å². The molecule has 0 saturated carbocycles. The van der Waals surface area contributed by atoms with Crippen molar-refractivity contribution in [2.45, 2.75) is 32.6 Å². The van der Waals surface area contributed by atoms with Gasteiger partial charge in [-0.25, -0.2) is 0 Å². The Morgan fingerprint density at radius 2 is 1.84 bits per heavy atom. The summed E-state index contributed by atoms with van der Waals surface area (Å²) in [5.74, 6) is 1.05. The van der Waals surface area contributed by atoms with Crippen molar-refractivity contribution >= 4 is 29.0 Å². The lowest BCUT2D eigenvalue weighted by Gasteiger charge is -2.37. The molecule has 164 valence electrons. The molecule has 1 aromatic heterocycles. The maximum Gasteiger partial charge on any atom is 0.231 e. The highest BCUT2D eigenvalue weighted by atomic mass is 35.5. The van der Waals surface area contributed by atoms with Gasteiger partial charge in [0.1, 0.15) is 0 Å². The lowest BCUT2D eigenvalue weighted by Crippen LogP contribution is -2.46. The van der Waals surface area contributed by atoms with E-state index in [-0.39, 0.29) is 11.8 Å². The first-order valence-corrected chi connectivity index (χ1v) is 11.7. The Balaban J connectivity index is 1.31. The third-order valence-electron chi connectivity index (χ3n) is 6.50. The lowest BCUT2D eigenvalue weighted by molar-refractivity contribution is -0.122. The van der Waals surface area contributed by atoms with Crippen LogP contribution in [0.3, 0.4) is 0 Å². The number of aromatic nitrogens is 2. The molecule has 1 amide bonds. The molecule has 1 unspecified atom stereocenters. The first kappa shape index (κ1) is 21.0. The van der Waals surface area contributed by atoms with Crippen LogP contribution in [0, 0.1) is 12.8 Å². The number of rotatable bonds is 3. The van der Waals surface area contributed by atoms with Crippen molar-refractivity contribution in [2.24, 2.45) is 5.92 Å². The lowest BCUT2D eigenvalue weighted by atomic mass is 9.93. The summed E-state index contributed by atoms with van der Waals surface area (Å²) in [6, 6.07) is 18.0. The van der Waals surface area contributed by atoms with E-state index in [0.717, 1.165) is 61.5 Å². The summed E-state index contributed by atoms with van der Waals surface area (Å²) in [6.45, 7) is 4.50. The molecule has 0 spiro atoms. The fourth-order valence-electron chi connectivity index (χ4n) is 4.83. The van der Waals surface area contributed by atoms with Gasteiger partial charge < -0.3 is 9.80 Å². The van der Waals surface area contributed by atoms with Crippen LogP contribution in [0.4, 0.5) is 11.5 Å². The molecule has 6 heteroatoms. The Labute approximate surface area is 194 Å². The van der Waals surface area contributed by atoms with E-state index in [1.165, 1.54) is 11.1 Å². The average molecular weight is 447 g/mol. The van der Waals surface area contributed by atoms with Gasteiger partial charge in [0, 0.05) is 35.9 Å². The molecule has 0 bridgehead atoms. The normalized spacial score (nSPS) is 18.4. The minimum atomic E-state index is -0.0197. The average Bonchev–Trinajstić information content (AvgIpc) is 2.84. The summed E-state index contributed by atoms with van der Waals surface area (Å²) in [7, 11) is 0. The summed E-state index contributed by atoms with van der Waals surface area (Å²) in [6.07, 6.45) is 3.97. The molecule has 2 aromatic carbocycles. The molecule has 3 heterocycles. The second-order valence-electron chi connectivity index (χ2n) is 8.79. The molecular formula is C26H27ClN4O. The third-order valence-corrected chi connectivity index (χ3v) is 6.76. The van der Waals surface area contributed by atoms with Gasteiger partial charge in [0.2, 0.25) is 5.91 Å². The number of aryl methyl sites for hydroxylation is 2. The van der Waals surface area contributed by atoms with Crippen LogP contribution in [0.2, 0.25) is 5.02 Å². The van der Waals surface area contributed by atoms with Gasteiger partial charge in [-0.1, -0.05) is 41.4 Å². The predicted octanol–water partition coefficient (Wildman–Crippen LogP) is 5.30. The molecule has 1 fully saturated rings. The number of carbonyl (C=O) groups excluding carboxylic acids is 1. The zero-order valence-corrected chi connectivity index (χ0v) is 19.1. The van der Waals surface area contributed by atoms with Gasteiger partial charge in [-0.3, -0.25) is 4.79 Å². The van der Waals surface area contributed by atoms with Crippen molar-refractivity contribution in [3.8, 4) is 11.3 Å². The van der Waals surface area contributed by atoms with E-state index in [2.05, 4.69) is 40.2 Å². The number of nitrogens with zero attached hydrogens (tertiary/aromatic N) is 4. The number of fused-ring (bicyclic) bond motifs is 1. The first-order chi connectivity index (χ1) is 15.6. The van der Waals surface area contributed by atoms with Crippen LogP contribution < -0.4 is 9.80 Å². The highest BCUT2D eigenvalue weighted by Gasteiger charge is 2.32. The van der Waals surface area contributed by atoms with Crippen LogP contribution in [0.5, 0.6) is 0 Å². The molecule has 0 aliphatic carbocycles. The SMILES string of the molecule is Cc1ccc2c(c1)CCCN2C(=O)C1CCCN(c2ccc(-c3ccc(Cl)cc3)nn2)C1. The zero-order valence-electron chi connectivity index (χ0n) is 18.3. The summed E-state index contributed by atoms with van der Waals surface area (Å²) in [5, 5.41) is 9.60. The van der Waals surface area contributed by atoms with E-state index < -0.39 is 0 Å². The molecule has 5 nitrogen and oxygen atoms in total. The molecule has 5 rings (SSSR count). The Kier molecular flexibility index (Phi) is 5.83. The van der Waals surface area contributed by atoms with Gasteiger partial charge in [0.15, 0.2) is 5.82 Å². The van der Waals surface area contributed by atoms with Crippen molar-refractivity contribution in [1.29, 1.82) is 0 Å². The Morgan fingerprint density at radius 1 is 1.00 bits per heavy atom. The molecule has 0 N–H and O–H groups in total. The largest absolute Gasteiger partial charge is 0.354 e. The monoisotopic (exact) mass is 446 g/mol. The third kappa shape index (κ3) is 4.22. The molecule has 2 aliphatic rings. The number of hydrogen-bond acceptors (Lipinski definition) is 4. The number of benzene rings is 2. The quantitative estimate of drug-likeness (QED) is 0.547. The topological polar surface area (TPSA) is 49.3 Å². The number of anilines is 2. The highest BCUT2D eigenvalue weighted by Crippen LogP contribution is 2.31. The predicted molar refractivity (Wildman–Crippen MR) is 129 cm³/mol. The van der Waals surface area contributed by atoms with Crippen molar-refractivity contribution < 1.29 is 4.79 Å². The molecule has 2 aliphatic heterocycles. The second kappa shape index (κ2) is 8.91. The van der Waals surface area contributed by atoms with Crippen LogP contribution >= 0.6 is 11.6 Å². The van der Waals surface area contributed by atoms with E-state index >= 15 is 0 Å². The van der Waals surface area contributed by atoms with E-state index in [1.807, 2.05) is 41.3 Å². The summed E-state index contributed by atoms with van der Waals surface area (Å²) < 4.78 is 0. The van der Waals surface area contributed by atoms with Crippen molar-refractivity contribution in [3.63, 3.8) is 0 Å². The fraction of sp³-hybridized carbons (Fsp3) is 0.346. The van der Waals surface area contributed by atoms with Crippen LogP contribution in [0.15, 0.2) is 54.6 Å². The number of halogens is 1. The number of carbonyl (C=O) groups is 1. The van der Waals surface area contributed by atoms with Crippen molar-refractivity contribution in [2.75, 3.05) is 29.4 Å². The number of piperidine rings is 1. The molecule has 3 aromatic rings. The highest BCUT2D eigenvalue weighted by molar-refractivity contribution is 6.30. The van der Waals surface area contributed by atoms with Gasteiger partial charge in [-0.05, 0) is 68.5 Å². The van der Waals surface area contributed by atoms with E-state index in [9.17, 15) is 4.79 Å². The van der Waals surface area contributed by atoms with Crippen molar-refractivity contribution in [1.82, 2.24) is 10.2 Å². The summed E-state index contributed by atoms with van der Waals surface area (Å²) in [4.78, 5) is 17.7. The minimum absolute atomic E-state index is 0.0197. The maximum atomic E-state index is 13.5. The Morgan fingerprint density at radius 3 is 2.62 bits per heavy atom. The zero-order chi connectivity index (χ0) is 22.1. The number of hydrogen-bond donors (Lipinski definition) is 0. The van der Waals surface area contributed by atoms with Crippen LogP contribution in [0.1, 0.15) is 30.4 Å². The first-order valence-electron chi connectivity index (χ1n) is 11.3. The van der Waals surface area contributed by atoms with Crippen LogP contribution in [0.25, 0.3) is 11.3 Å². The van der Waals surface area contributed by atoms with Gasteiger partial charge >= 0.3 is 0 Å². The molecule has 1 saturated heterocycles. The van der Waals surface area contributed by atoms with Crippen LogP contribution in [-0.2, 0) is 11.2 Å². The van der Waals surface area contributed by atoms with Gasteiger partial charge in [-0.15, -0.1) is 10.2 Å². The van der Waals surface area contributed by atoms with Gasteiger partial charge in [-0.2, -0.15) is 0 Å². The standard InChI is InChI=1S/C26H27ClN4O/c1-18-6-12-24-20(16-18)4-3-15-31(24)26(32)21-5-2-14-30(17-21)25-13-11-23(28-29-25)19-7-9-22(27)10-8-19/h6-13,16,21H,2-5,14-15,17H2,1H3. The van der Waals surface area contributed by atoms with Crippen LogP contribution in [-0.4, -0.2) is 35.7 Å². The summed E-state index contributed by atoms with van der Waals surface area (Å²) >= 11 is 5.98. The number of amides is 1. The van der Waals surface area contributed by atoms with Gasteiger partial charge in [0.25, 0.3) is 0 Å². The fourth-order valence-corrected chi connectivity index (χ4v) is 4.96. The van der Waals surface area contributed by atoms with Crippen molar-refractivity contribution in [3.05, 3.63) is 70.7 Å². The Bertz CT molecular complexity index is 1110. The smallest absolute Gasteiger partial charge is 0.231 e. The molecule has 1 atom stereocenters. The Hall–Kier alpha value is -2.92. The summed E-state index contributed by atoms with van der Waals surface area (Å²) in [5.41, 5.74) is 5.44. The van der Waals surface area contributed by atoms with E-state index in [4.69, 9.17) is 11.6 Å². The second-order valence-corrected chi connectivity index (χ2v) is 9.23. The molecule has 32 heavy (non-hydrogen) atoms. The molecule has 0 radical (unpaired) electrons. The van der Waals surface area contributed by atoms with Gasteiger partial charge in [0.05, 0.1) is 11.6 Å². The maximum absolute atomic E-state index is 13.5. The van der Waals surface area contributed by atoms with E-state index in [1.54, 1.807) is 0 Å². The molecular weight excluding hydrogens is 420 g/mol. The minimum Gasteiger partial charge on any atom is -0.354 e.